The molecule has 4 aromatic rings. The third-order valence-electron chi connectivity index (χ3n) is 9.07. The van der Waals surface area contributed by atoms with E-state index >= 15 is 0 Å². The third-order valence-corrected chi connectivity index (χ3v) is 9.07. The average molecular weight is 594 g/mol. The Balaban J connectivity index is 1.33. The minimum Gasteiger partial charge on any atom is -0.399 e. The zero-order chi connectivity index (χ0) is 31.4. The Kier molecular flexibility index (Phi) is 7.33. The fourth-order valence-corrected chi connectivity index (χ4v) is 6.12. The second kappa shape index (κ2) is 10.8. The van der Waals surface area contributed by atoms with E-state index in [0.29, 0.717) is 30.2 Å². The van der Waals surface area contributed by atoms with Gasteiger partial charge in [0.15, 0.2) is 5.69 Å². The van der Waals surface area contributed by atoms with Crippen molar-refractivity contribution in [2.75, 3.05) is 11.9 Å². The maximum atomic E-state index is 13.8. The maximum Gasteiger partial charge on any atom is 0.494 e. The number of H-pyrrole nitrogens is 1. The molecule has 0 atom stereocenters. The van der Waals surface area contributed by atoms with E-state index in [-0.39, 0.29) is 18.4 Å². The Labute approximate surface area is 259 Å². The lowest BCUT2D eigenvalue weighted by Crippen LogP contribution is -2.46. The number of fused-ring (bicyclic) bond motifs is 1. The van der Waals surface area contributed by atoms with E-state index in [4.69, 9.17) is 14.4 Å². The first-order chi connectivity index (χ1) is 20.7. The van der Waals surface area contributed by atoms with Crippen LogP contribution in [0.3, 0.4) is 0 Å². The first-order valence-electron chi connectivity index (χ1n) is 15.1. The van der Waals surface area contributed by atoms with Crippen molar-refractivity contribution in [2.45, 2.75) is 78.2 Å². The zero-order valence-electron chi connectivity index (χ0n) is 26.5. The van der Waals surface area contributed by atoms with Crippen LogP contribution >= 0.6 is 0 Å². The molecule has 2 aromatic carbocycles. The highest BCUT2D eigenvalue weighted by Crippen LogP contribution is 2.38. The van der Waals surface area contributed by atoms with Gasteiger partial charge in [0.05, 0.1) is 30.0 Å². The molecule has 44 heavy (non-hydrogen) atoms. The summed E-state index contributed by atoms with van der Waals surface area (Å²) in [6.45, 7) is 15.6. The van der Waals surface area contributed by atoms with Crippen LogP contribution < -0.4 is 10.8 Å². The SMILES string of the molecule is Cc1cccc(NC(=O)c2nn(Cc3ccc(B4OC(C)(C)C(C)(C)O4)cc3)c3c2CN(C(=O)c2ccc[nH]2)CC3(C)C)c1. The lowest BCUT2D eigenvalue weighted by Gasteiger charge is -2.38. The molecular weight excluding hydrogens is 553 g/mol. The molecule has 6 rings (SSSR count). The molecule has 1 fully saturated rings. The largest absolute Gasteiger partial charge is 0.494 e. The van der Waals surface area contributed by atoms with Crippen LogP contribution in [-0.2, 0) is 27.8 Å². The Morgan fingerprint density at radius 1 is 0.977 bits per heavy atom. The number of carbonyl (C=O) groups is 2. The number of rotatable bonds is 6. The highest BCUT2D eigenvalue weighted by molar-refractivity contribution is 6.62. The van der Waals surface area contributed by atoms with Crippen molar-refractivity contribution >= 4 is 30.1 Å². The molecule has 2 amide bonds. The van der Waals surface area contributed by atoms with Gasteiger partial charge in [-0.3, -0.25) is 14.3 Å². The van der Waals surface area contributed by atoms with Crippen molar-refractivity contribution in [3.8, 4) is 0 Å². The van der Waals surface area contributed by atoms with Crippen molar-refractivity contribution in [1.29, 1.82) is 0 Å². The number of nitrogens with zero attached hydrogens (tertiary/aromatic N) is 3. The highest BCUT2D eigenvalue weighted by atomic mass is 16.7. The Bertz CT molecular complexity index is 1690. The van der Waals surface area contributed by atoms with Gasteiger partial charge < -0.3 is 24.5 Å². The van der Waals surface area contributed by atoms with Gasteiger partial charge in [0.1, 0.15) is 5.69 Å². The van der Waals surface area contributed by atoms with Gasteiger partial charge in [0, 0.05) is 29.4 Å². The van der Waals surface area contributed by atoms with Crippen LogP contribution in [0.15, 0.2) is 66.9 Å². The lowest BCUT2D eigenvalue weighted by molar-refractivity contribution is 0.00578. The second-order valence-corrected chi connectivity index (χ2v) is 13.6. The third kappa shape index (κ3) is 5.48. The molecule has 0 unspecified atom stereocenters. The molecule has 2 aliphatic heterocycles. The zero-order valence-corrected chi connectivity index (χ0v) is 26.5. The van der Waals surface area contributed by atoms with E-state index in [9.17, 15) is 9.59 Å². The smallest absolute Gasteiger partial charge is 0.399 e. The summed E-state index contributed by atoms with van der Waals surface area (Å²) >= 11 is 0. The van der Waals surface area contributed by atoms with Crippen molar-refractivity contribution in [3.05, 3.63) is 101 Å². The quantitative estimate of drug-likeness (QED) is 0.305. The van der Waals surface area contributed by atoms with Gasteiger partial charge in [-0.05, 0) is 75.5 Å². The van der Waals surface area contributed by atoms with Crippen molar-refractivity contribution in [1.82, 2.24) is 19.7 Å². The van der Waals surface area contributed by atoms with Crippen LogP contribution in [0, 0.1) is 6.92 Å². The Hall–Kier alpha value is -4.15. The van der Waals surface area contributed by atoms with E-state index in [0.717, 1.165) is 27.8 Å². The van der Waals surface area contributed by atoms with Gasteiger partial charge in [0.25, 0.3) is 11.8 Å². The molecule has 4 heterocycles. The van der Waals surface area contributed by atoms with E-state index in [1.807, 2.05) is 81.8 Å². The molecule has 0 saturated carbocycles. The fourth-order valence-electron chi connectivity index (χ4n) is 6.12. The van der Waals surface area contributed by atoms with Gasteiger partial charge in [-0.15, -0.1) is 0 Å². The number of benzene rings is 2. The predicted octanol–water partition coefficient (Wildman–Crippen LogP) is 5.05. The summed E-state index contributed by atoms with van der Waals surface area (Å²) in [6, 6.07) is 19.4. The number of hydrogen-bond donors (Lipinski definition) is 2. The van der Waals surface area contributed by atoms with Crippen LogP contribution in [0.25, 0.3) is 0 Å². The monoisotopic (exact) mass is 593 g/mol. The molecular formula is C34H40BN5O4. The lowest BCUT2D eigenvalue weighted by atomic mass is 9.79. The summed E-state index contributed by atoms with van der Waals surface area (Å²) in [4.78, 5) is 32.0. The highest BCUT2D eigenvalue weighted by Gasteiger charge is 2.51. The van der Waals surface area contributed by atoms with Gasteiger partial charge >= 0.3 is 7.12 Å². The number of anilines is 1. The Morgan fingerprint density at radius 3 is 2.32 bits per heavy atom. The fraction of sp³-hybridized carbons (Fsp3) is 0.382. The Morgan fingerprint density at radius 2 is 1.68 bits per heavy atom. The average Bonchev–Trinajstić information content (AvgIpc) is 3.66. The maximum absolute atomic E-state index is 13.8. The van der Waals surface area contributed by atoms with Gasteiger partial charge in [0.2, 0.25) is 0 Å². The topological polar surface area (TPSA) is 101 Å². The molecule has 0 bridgehead atoms. The summed E-state index contributed by atoms with van der Waals surface area (Å²) in [6.07, 6.45) is 1.74. The van der Waals surface area contributed by atoms with Crippen LogP contribution in [0.4, 0.5) is 5.69 Å². The minimum absolute atomic E-state index is 0.107. The van der Waals surface area contributed by atoms with E-state index in [2.05, 4.69) is 36.3 Å². The molecule has 9 nitrogen and oxygen atoms in total. The number of hydrogen-bond acceptors (Lipinski definition) is 5. The summed E-state index contributed by atoms with van der Waals surface area (Å²) in [7, 11) is -0.439. The number of carbonyl (C=O) groups excluding carboxylic acids is 2. The molecule has 2 N–H and O–H groups in total. The van der Waals surface area contributed by atoms with Crippen molar-refractivity contribution in [2.24, 2.45) is 0 Å². The molecule has 0 radical (unpaired) electrons. The molecule has 0 spiro atoms. The van der Waals surface area contributed by atoms with E-state index in [1.54, 1.807) is 17.2 Å². The standard InChI is InChI=1S/C34H40BN5O4/c1-22-10-8-11-25(18-22)37-30(41)28-26-20-39(31(42)27-12-9-17-36-27)21-32(2,3)29(26)40(38-28)19-23-13-15-24(16-14-23)35-43-33(4,5)34(6,7)44-35/h8-18,36H,19-21H2,1-7H3,(H,37,41). The predicted molar refractivity (Wildman–Crippen MR) is 171 cm³/mol. The number of nitrogens with one attached hydrogen (secondary N) is 2. The van der Waals surface area contributed by atoms with Crippen molar-refractivity contribution in [3.63, 3.8) is 0 Å². The number of aromatic amines is 1. The summed E-state index contributed by atoms with van der Waals surface area (Å²) < 4.78 is 14.4. The molecule has 1 saturated heterocycles. The molecule has 0 aliphatic carbocycles. The summed E-state index contributed by atoms with van der Waals surface area (Å²) in [5.41, 5.74) is 4.99. The molecule has 10 heteroatoms. The van der Waals surface area contributed by atoms with E-state index in [1.165, 1.54) is 0 Å². The van der Waals surface area contributed by atoms with Gasteiger partial charge in [-0.1, -0.05) is 50.2 Å². The number of aromatic nitrogens is 3. The van der Waals surface area contributed by atoms with Crippen LogP contribution in [-0.4, -0.2) is 56.3 Å². The van der Waals surface area contributed by atoms with Crippen LogP contribution in [0.5, 0.6) is 0 Å². The first kappa shape index (κ1) is 29.9. The molecule has 2 aliphatic rings. The van der Waals surface area contributed by atoms with Gasteiger partial charge in [-0.25, -0.2) is 0 Å². The number of amides is 2. The minimum atomic E-state index is -0.465. The van der Waals surface area contributed by atoms with Crippen LogP contribution in [0.2, 0.25) is 0 Å². The van der Waals surface area contributed by atoms with E-state index < -0.39 is 23.7 Å². The summed E-state index contributed by atoms with van der Waals surface area (Å²) in [5.74, 6) is -0.406. The van der Waals surface area contributed by atoms with Gasteiger partial charge in [-0.2, -0.15) is 5.10 Å². The van der Waals surface area contributed by atoms with Crippen molar-refractivity contribution < 1.29 is 18.9 Å². The summed E-state index contributed by atoms with van der Waals surface area (Å²) in [5, 5.41) is 7.93. The second-order valence-electron chi connectivity index (χ2n) is 13.6. The molecule has 2 aromatic heterocycles. The normalized spacial score (nSPS) is 18.2. The molecule has 228 valence electrons. The van der Waals surface area contributed by atoms with Crippen LogP contribution in [0.1, 0.15) is 84.9 Å². The first-order valence-corrected chi connectivity index (χ1v) is 15.1. The number of aryl methyl sites for hydroxylation is 1.